The molecule has 0 saturated carbocycles. The number of nitrogens with zero attached hydrogens (tertiary/aromatic N) is 3. The van der Waals surface area contributed by atoms with E-state index in [-0.39, 0.29) is 11.5 Å². The highest BCUT2D eigenvalue weighted by molar-refractivity contribution is 5.86. The molecule has 1 aromatic heterocycles. The number of hydrogen-bond donors (Lipinski definition) is 1. The van der Waals surface area contributed by atoms with Gasteiger partial charge in [0.15, 0.2) is 0 Å². The Morgan fingerprint density at radius 1 is 1.16 bits per heavy atom. The Balaban J connectivity index is 1.75. The molecule has 0 fully saturated rings. The molecule has 25 heavy (non-hydrogen) atoms. The Hall–Kier alpha value is -2.18. The van der Waals surface area contributed by atoms with Crippen LogP contribution < -0.4 is 5.56 Å². The summed E-state index contributed by atoms with van der Waals surface area (Å²) in [6.07, 6.45) is 0.697. The van der Waals surface area contributed by atoms with Gasteiger partial charge in [0.1, 0.15) is 0 Å². The van der Waals surface area contributed by atoms with Crippen molar-refractivity contribution in [2.45, 2.75) is 13.0 Å². The van der Waals surface area contributed by atoms with Gasteiger partial charge in [-0.15, -0.1) is 0 Å². The fourth-order valence-corrected chi connectivity index (χ4v) is 3.29. The summed E-state index contributed by atoms with van der Waals surface area (Å²) in [7, 11) is 6.04. The minimum atomic E-state index is -0.0439. The molecule has 0 radical (unpaired) electrons. The summed E-state index contributed by atoms with van der Waals surface area (Å²) >= 11 is 0. The van der Waals surface area contributed by atoms with E-state index in [9.17, 15) is 9.59 Å². The van der Waals surface area contributed by atoms with E-state index in [0.717, 1.165) is 29.7 Å². The van der Waals surface area contributed by atoms with Crippen molar-refractivity contribution in [2.75, 3.05) is 47.3 Å². The van der Waals surface area contributed by atoms with Gasteiger partial charge >= 0.3 is 0 Å². The average Bonchev–Trinajstić information content (AvgIpc) is 2.60. The van der Waals surface area contributed by atoms with Gasteiger partial charge < -0.3 is 14.8 Å². The number of pyridine rings is 1. The number of likely N-dealkylation sites (N-methyl/N-ethyl adjacent to an activating group) is 2. The molecule has 1 aliphatic rings. The van der Waals surface area contributed by atoms with Crippen LogP contribution in [0, 0.1) is 0 Å². The van der Waals surface area contributed by atoms with Crippen LogP contribution in [-0.4, -0.2) is 72.9 Å². The quantitative estimate of drug-likeness (QED) is 0.877. The number of nitrogens with one attached hydrogen (secondary N) is 1. The van der Waals surface area contributed by atoms with Gasteiger partial charge in [-0.05, 0) is 38.2 Å². The third-order valence-corrected chi connectivity index (χ3v) is 4.79. The van der Waals surface area contributed by atoms with Crippen molar-refractivity contribution < 1.29 is 4.79 Å². The zero-order valence-corrected chi connectivity index (χ0v) is 15.2. The minimum absolute atomic E-state index is 0.0439. The summed E-state index contributed by atoms with van der Waals surface area (Å²) in [6, 6.07) is 7.62. The van der Waals surface area contributed by atoms with Gasteiger partial charge in [0, 0.05) is 43.7 Å². The van der Waals surface area contributed by atoms with E-state index in [4.69, 9.17) is 0 Å². The molecule has 1 aromatic carbocycles. The van der Waals surface area contributed by atoms with Gasteiger partial charge in [0.2, 0.25) is 5.91 Å². The van der Waals surface area contributed by atoms with E-state index in [1.807, 2.05) is 50.3 Å². The monoisotopic (exact) mass is 342 g/mol. The Morgan fingerprint density at radius 2 is 1.88 bits per heavy atom. The molecule has 2 heterocycles. The number of H-pyrrole nitrogens is 1. The summed E-state index contributed by atoms with van der Waals surface area (Å²) < 4.78 is 0. The van der Waals surface area contributed by atoms with E-state index in [2.05, 4.69) is 14.8 Å². The molecule has 0 saturated heterocycles. The van der Waals surface area contributed by atoms with Gasteiger partial charge in [-0.2, -0.15) is 0 Å². The molecule has 1 N–H and O–H groups in total. The first-order valence-corrected chi connectivity index (χ1v) is 8.69. The van der Waals surface area contributed by atoms with Crippen LogP contribution in [0.3, 0.4) is 0 Å². The molecule has 0 unspecified atom stereocenters. The molecule has 6 heteroatoms. The lowest BCUT2D eigenvalue weighted by molar-refractivity contribution is -0.133. The lowest BCUT2D eigenvalue weighted by Crippen LogP contribution is -2.43. The molecule has 0 aliphatic carbocycles. The molecule has 0 atom stereocenters. The number of aromatic nitrogens is 1. The highest BCUT2D eigenvalue weighted by Crippen LogP contribution is 2.24. The van der Waals surface area contributed by atoms with Gasteiger partial charge in [0.25, 0.3) is 5.56 Å². The number of amides is 1. The molecule has 0 spiro atoms. The van der Waals surface area contributed by atoms with Crippen molar-refractivity contribution >= 4 is 16.7 Å². The van der Waals surface area contributed by atoms with Crippen LogP contribution in [0.1, 0.15) is 11.3 Å². The Kier molecular flexibility index (Phi) is 5.20. The Bertz CT molecular complexity index is 828. The van der Waals surface area contributed by atoms with E-state index in [1.165, 1.54) is 0 Å². The Morgan fingerprint density at radius 3 is 2.60 bits per heavy atom. The maximum Gasteiger partial charge on any atom is 0.256 e. The second kappa shape index (κ2) is 7.37. The predicted molar refractivity (Wildman–Crippen MR) is 99.7 cm³/mol. The molecular weight excluding hydrogens is 316 g/mol. The maximum absolute atomic E-state index is 12.7. The highest BCUT2D eigenvalue weighted by Gasteiger charge is 2.24. The van der Waals surface area contributed by atoms with Crippen molar-refractivity contribution in [2.24, 2.45) is 0 Å². The predicted octanol–water partition coefficient (Wildman–Crippen LogP) is 0.906. The molecule has 3 rings (SSSR count). The SMILES string of the molecule is CN(C)CCN(C)CC(=O)N1CCc2[nH]c(=O)c3ccccc3c2C1. The summed E-state index contributed by atoms with van der Waals surface area (Å²) in [5.74, 6) is 0.141. The fraction of sp³-hybridized carbons (Fsp3) is 0.474. The number of aromatic amines is 1. The van der Waals surface area contributed by atoms with Gasteiger partial charge in [-0.3, -0.25) is 14.5 Å². The fourth-order valence-electron chi connectivity index (χ4n) is 3.29. The number of carbonyl (C=O) groups excluding carboxylic acids is 1. The van der Waals surface area contributed by atoms with Gasteiger partial charge in [0.05, 0.1) is 6.54 Å². The largest absolute Gasteiger partial charge is 0.337 e. The van der Waals surface area contributed by atoms with E-state index < -0.39 is 0 Å². The first kappa shape index (κ1) is 17.6. The number of fused-ring (bicyclic) bond motifs is 3. The topological polar surface area (TPSA) is 59.6 Å². The van der Waals surface area contributed by atoms with Gasteiger partial charge in [-0.1, -0.05) is 18.2 Å². The summed E-state index contributed by atoms with van der Waals surface area (Å²) in [6.45, 7) is 3.43. The zero-order valence-electron chi connectivity index (χ0n) is 15.2. The van der Waals surface area contributed by atoms with Crippen LogP contribution in [0.4, 0.5) is 0 Å². The maximum atomic E-state index is 12.7. The van der Waals surface area contributed by atoms with Crippen molar-refractivity contribution in [3.8, 4) is 0 Å². The molecule has 134 valence electrons. The summed E-state index contributed by atoms with van der Waals surface area (Å²) in [5.41, 5.74) is 2.00. The minimum Gasteiger partial charge on any atom is -0.337 e. The van der Waals surface area contributed by atoms with Crippen molar-refractivity contribution in [3.63, 3.8) is 0 Å². The normalized spacial score (nSPS) is 14.4. The third kappa shape index (κ3) is 3.91. The average molecular weight is 342 g/mol. The van der Waals surface area contributed by atoms with Crippen LogP contribution >= 0.6 is 0 Å². The van der Waals surface area contributed by atoms with Crippen LogP contribution in [0.5, 0.6) is 0 Å². The van der Waals surface area contributed by atoms with Crippen LogP contribution in [0.2, 0.25) is 0 Å². The summed E-state index contributed by atoms with van der Waals surface area (Å²) in [5, 5.41) is 1.65. The first-order chi connectivity index (χ1) is 12.0. The Labute approximate surface area is 148 Å². The van der Waals surface area contributed by atoms with Crippen molar-refractivity contribution in [3.05, 3.63) is 45.9 Å². The van der Waals surface area contributed by atoms with Gasteiger partial charge in [-0.25, -0.2) is 0 Å². The highest BCUT2D eigenvalue weighted by atomic mass is 16.2. The second-order valence-corrected chi connectivity index (χ2v) is 7.06. The molecule has 0 bridgehead atoms. The van der Waals surface area contributed by atoms with E-state index in [0.29, 0.717) is 31.4 Å². The van der Waals surface area contributed by atoms with Crippen LogP contribution in [-0.2, 0) is 17.8 Å². The second-order valence-electron chi connectivity index (χ2n) is 7.06. The number of benzene rings is 1. The zero-order chi connectivity index (χ0) is 18.0. The van der Waals surface area contributed by atoms with Crippen LogP contribution in [0.25, 0.3) is 10.8 Å². The third-order valence-electron chi connectivity index (χ3n) is 4.79. The van der Waals surface area contributed by atoms with Crippen molar-refractivity contribution in [1.82, 2.24) is 19.7 Å². The standard InChI is InChI=1S/C19H26N4O2/c1-21(2)10-11-22(3)13-18(24)23-9-8-17-16(12-23)14-6-4-5-7-15(14)19(25)20-17/h4-7H,8-13H2,1-3H3,(H,20,25). The molecule has 6 nitrogen and oxygen atoms in total. The summed E-state index contributed by atoms with van der Waals surface area (Å²) in [4.78, 5) is 33.9. The number of carbonyl (C=O) groups is 1. The number of rotatable bonds is 5. The first-order valence-electron chi connectivity index (χ1n) is 8.69. The number of hydrogen-bond acceptors (Lipinski definition) is 4. The molecule has 1 amide bonds. The smallest absolute Gasteiger partial charge is 0.256 e. The van der Waals surface area contributed by atoms with Crippen molar-refractivity contribution in [1.29, 1.82) is 0 Å². The lowest BCUT2D eigenvalue weighted by Gasteiger charge is -2.31. The van der Waals surface area contributed by atoms with E-state index >= 15 is 0 Å². The van der Waals surface area contributed by atoms with E-state index in [1.54, 1.807) is 0 Å². The molecular formula is C19H26N4O2. The van der Waals surface area contributed by atoms with Crippen LogP contribution in [0.15, 0.2) is 29.1 Å². The molecule has 2 aromatic rings. The lowest BCUT2D eigenvalue weighted by atomic mass is 9.99. The molecule has 1 aliphatic heterocycles.